The lowest BCUT2D eigenvalue weighted by Crippen LogP contribution is -2.11. The molecule has 0 spiro atoms. The highest BCUT2D eigenvalue weighted by Crippen LogP contribution is 2.31. The smallest absolute Gasteiger partial charge is 0.252 e. The maximum atomic E-state index is 11.3. The van der Waals surface area contributed by atoms with E-state index >= 15 is 0 Å². The molecule has 3 N–H and O–H groups in total. The molecule has 0 fully saturated rings. The molecule has 2 aromatic carbocycles. The Morgan fingerprint density at radius 2 is 1.92 bits per heavy atom. The van der Waals surface area contributed by atoms with Gasteiger partial charge in [-0.25, -0.2) is 4.98 Å². The van der Waals surface area contributed by atoms with E-state index in [4.69, 9.17) is 10.5 Å². The molecule has 24 heavy (non-hydrogen) atoms. The van der Waals surface area contributed by atoms with Crippen LogP contribution in [0.2, 0.25) is 0 Å². The zero-order chi connectivity index (χ0) is 17.1. The predicted octanol–water partition coefficient (Wildman–Crippen LogP) is 3.68. The number of rotatable bonds is 5. The second-order valence-electron chi connectivity index (χ2n) is 5.09. The third kappa shape index (κ3) is 3.23. The Bertz CT molecular complexity index is 872. The fourth-order valence-electron chi connectivity index (χ4n) is 2.29. The van der Waals surface area contributed by atoms with E-state index in [1.807, 2.05) is 36.6 Å². The van der Waals surface area contributed by atoms with Crippen molar-refractivity contribution >= 4 is 17.2 Å². The van der Waals surface area contributed by atoms with Crippen LogP contribution in [0.25, 0.3) is 21.8 Å². The highest BCUT2D eigenvalue weighted by atomic mass is 32.1. The summed E-state index contributed by atoms with van der Waals surface area (Å²) in [4.78, 5) is 16.0. The van der Waals surface area contributed by atoms with Gasteiger partial charge in [0.25, 0.3) is 5.91 Å². The van der Waals surface area contributed by atoms with Gasteiger partial charge in [0.15, 0.2) is 0 Å². The van der Waals surface area contributed by atoms with Crippen LogP contribution in [-0.4, -0.2) is 22.6 Å². The Kier molecular flexibility index (Phi) is 4.48. The van der Waals surface area contributed by atoms with E-state index in [0.29, 0.717) is 6.61 Å². The molecular formula is C18H16N2O3S. The molecule has 3 aromatic rings. The number of amides is 1. The minimum Gasteiger partial charge on any atom is -0.507 e. The van der Waals surface area contributed by atoms with Gasteiger partial charge in [-0.05, 0) is 49.4 Å². The van der Waals surface area contributed by atoms with Crippen LogP contribution < -0.4 is 10.5 Å². The normalized spacial score (nSPS) is 10.5. The molecular weight excluding hydrogens is 324 g/mol. The van der Waals surface area contributed by atoms with Gasteiger partial charge in [-0.1, -0.05) is 0 Å². The maximum absolute atomic E-state index is 11.3. The van der Waals surface area contributed by atoms with Crippen LogP contribution in [0.15, 0.2) is 47.8 Å². The predicted molar refractivity (Wildman–Crippen MR) is 94.3 cm³/mol. The summed E-state index contributed by atoms with van der Waals surface area (Å²) < 4.78 is 5.43. The van der Waals surface area contributed by atoms with Crippen molar-refractivity contribution in [2.45, 2.75) is 6.92 Å². The largest absolute Gasteiger partial charge is 0.507 e. The Balaban J connectivity index is 1.90. The van der Waals surface area contributed by atoms with Gasteiger partial charge in [-0.3, -0.25) is 4.79 Å². The number of hydrogen-bond donors (Lipinski definition) is 2. The van der Waals surface area contributed by atoms with E-state index in [-0.39, 0.29) is 11.3 Å². The molecule has 0 saturated carbocycles. The number of carbonyl (C=O) groups is 1. The first-order valence-electron chi connectivity index (χ1n) is 7.40. The molecule has 122 valence electrons. The Morgan fingerprint density at radius 1 is 1.21 bits per heavy atom. The average molecular weight is 340 g/mol. The second-order valence-corrected chi connectivity index (χ2v) is 5.95. The fraction of sp³-hybridized carbons (Fsp3) is 0.111. The van der Waals surface area contributed by atoms with E-state index in [2.05, 4.69) is 4.98 Å². The minimum atomic E-state index is -0.670. The molecule has 0 aliphatic heterocycles. The monoisotopic (exact) mass is 340 g/mol. The van der Waals surface area contributed by atoms with E-state index < -0.39 is 5.91 Å². The zero-order valence-corrected chi connectivity index (χ0v) is 13.8. The van der Waals surface area contributed by atoms with Crippen LogP contribution in [0.4, 0.5) is 0 Å². The zero-order valence-electron chi connectivity index (χ0n) is 13.0. The minimum absolute atomic E-state index is 0.0862. The molecule has 5 nitrogen and oxygen atoms in total. The molecule has 0 radical (unpaired) electrons. The molecule has 0 bridgehead atoms. The van der Waals surface area contributed by atoms with Crippen LogP contribution in [0.1, 0.15) is 17.3 Å². The number of phenols is 1. The van der Waals surface area contributed by atoms with Gasteiger partial charge in [-0.2, -0.15) is 0 Å². The average Bonchev–Trinajstić information content (AvgIpc) is 3.06. The van der Waals surface area contributed by atoms with Gasteiger partial charge < -0.3 is 15.6 Å². The molecule has 1 aromatic heterocycles. The molecule has 3 rings (SSSR count). The molecule has 0 unspecified atom stereocenters. The topological polar surface area (TPSA) is 85.4 Å². The van der Waals surface area contributed by atoms with E-state index in [9.17, 15) is 9.90 Å². The summed E-state index contributed by atoms with van der Waals surface area (Å²) in [5.74, 6) is 0.0206. The maximum Gasteiger partial charge on any atom is 0.252 e. The summed E-state index contributed by atoms with van der Waals surface area (Å²) in [5.41, 5.74) is 7.80. The van der Waals surface area contributed by atoms with Crippen molar-refractivity contribution in [1.82, 2.24) is 4.98 Å². The quantitative estimate of drug-likeness (QED) is 0.742. The van der Waals surface area contributed by atoms with E-state index in [0.717, 1.165) is 27.6 Å². The number of primary amides is 1. The molecule has 1 heterocycles. The van der Waals surface area contributed by atoms with Crippen molar-refractivity contribution < 1.29 is 14.6 Å². The van der Waals surface area contributed by atoms with Crippen LogP contribution in [-0.2, 0) is 0 Å². The summed E-state index contributed by atoms with van der Waals surface area (Å²) in [7, 11) is 0. The van der Waals surface area contributed by atoms with Crippen molar-refractivity contribution in [2.24, 2.45) is 5.73 Å². The van der Waals surface area contributed by atoms with Gasteiger partial charge in [0.05, 0.1) is 17.9 Å². The van der Waals surface area contributed by atoms with Crippen LogP contribution in [0.3, 0.4) is 0 Å². The lowest BCUT2D eigenvalue weighted by atomic mass is 10.1. The van der Waals surface area contributed by atoms with Crippen molar-refractivity contribution in [2.75, 3.05) is 6.61 Å². The highest BCUT2D eigenvalue weighted by molar-refractivity contribution is 7.13. The summed E-state index contributed by atoms with van der Waals surface area (Å²) in [6, 6.07) is 12.4. The van der Waals surface area contributed by atoms with Crippen molar-refractivity contribution in [3.05, 3.63) is 53.4 Å². The van der Waals surface area contributed by atoms with E-state index in [1.165, 1.54) is 17.4 Å². The molecule has 0 atom stereocenters. The van der Waals surface area contributed by atoms with Crippen LogP contribution in [0.5, 0.6) is 11.5 Å². The molecule has 6 heteroatoms. The SMILES string of the molecule is CCOc1ccc(-c2nc(-c3ccc(O)c(C(N)=O)c3)cs2)cc1. The number of nitrogens with zero attached hydrogens (tertiary/aromatic N) is 1. The van der Waals surface area contributed by atoms with Gasteiger partial charge in [0.1, 0.15) is 16.5 Å². The highest BCUT2D eigenvalue weighted by Gasteiger charge is 2.12. The number of thiazole rings is 1. The molecule has 0 saturated heterocycles. The number of carbonyl (C=O) groups excluding carboxylic acids is 1. The van der Waals surface area contributed by atoms with Gasteiger partial charge >= 0.3 is 0 Å². The first-order chi connectivity index (χ1) is 11.6. The Hall–Kier alpha value is -2.86. The summed E-state index contributed by atoms with van der Waals surface area (Å²) >= 11 is 1.50. The number of ether oxygens (including phenoxy) is 1. The lowest BCUT2D eigenvalue weighted by molar-refractivity contribution is 0.0998. The standard InChI is InChI=1S/C18H16N2O3S/c1-2-23-13-6-3-11(4-7-13)18-20-15(10-24-18)12-5-8-16(21)14(9-12)17(19)22/h3-10,21H,2H2,1H3,(H2,19,22). The van der Waals surface area contributed by atoms with Gasteiger partial charge in [0.2, 0.25) is 0 Å². The third-order valence-corrected chi connectivity index (χ3v) is 4.37. The number of aromatic hydroxyl groups is 1. The molecule has 0 aliphatic carbocycles. The summed E-state index contributed by atoms with van der Waals surface area (Å²) in [5, 5.41) is 12.4. The fourth-order valence-corrected chi connectivity index (χ4v) is 3.13. The molecule has 1 amide bonds. The first kappa shape index (κ1) is 16.0. The number of nitrogens with two attached hydrogens (primary N) is 1. The number of hydrogen-bond acceptors (Lipinski definition) is 5. The number of aromatic nitrogens is 1. The van der Waals surface area contributed by atoms with Gasteiger partial charge in [-0.15, -0.1) is 11.3 Å². The summed E-state index contributed by atoms with van der Waals surface area (Å²) in [6.45, 7) is 2.57. The van der Waals surface area contributed by atoms with Crippen LogP contribution in [0, 0.1) is 0 Å². The van der Waals surface area contributed by atoms with Crippen LogP contribution >= 0.6 is 11.3 Å². The Morgan fingerprint density at radius 3 is 2.58 bits per heavy atom. The van der Waals surface area contributed by atoms with Crippen molar-refractivity contribution in [1.29, 1.82) is 0 Å². The first-order valence-corrected chi connectivity index (χ1v) is 8.28. The summed E-state index contributed by atoms with van der Waals surface area (Å²) in [6.07, 6.45) is 0. The second kappa shape index (κ2) is 6.72. The number of benzene rings is 2. The van der Waals surface area contributed by atoms with Crippen molar-refractivity contribution in [3.63, 3.8) is 0 Å². The lowest BCUT2D eigenvalue weighted by Gasteiger charge is -2.04. The third-order valence-electron chi connectivity index (χ3n) is 3.47. The molecule has 0 aliphatic rings. The van der Waals surface area contributed by atoms with E-state index in [1.54, 1.807) is 12.1 Å². The van der Waals surface area contributed by atoms with Gasteiger partial charge in [0, 0.05) is 16.5 Å². The Labute approximate surface area is 143 Å². The van der Waals surface area contributed by atoms with Crippen molar-refractivity contribution in [3.8, 4) is 33.3 Å².